The number of ketones is 1. The summed E-state index contributed by atoms with van der Waals surface area (Å²) in [7, 11) is 2.73. The maximum Gasteiger partial charge on any atom is 0.372 e. The largest absolute Gasteiger partial charge is 0.507 e. The Hall–Kier alpha value is -3.55. The Morgan fingerprint density at radius 2 is 1.58 bits per heavy atom. The Balaban J connectivity index is 0.000000263. The molecule has 0 aromatic heterocycles. The summed E-state index contributed by atoms with van der Waals surface area (Å²) in [5.74, 6) is -3.38. The molecule has 0 amide bonds. The second kappa shape index (κ2) is 9.67. The first-order chi connectivity index (χ1) is 12.3. The lowest BCUT2D eigenvalue weighted by molar-refractivity contribution is -0.148. The monoisotopic (exact) mass is 362 g/mol. The van der Waals surface area contributed by atoms with Crippen LogP contribution in [0.3, 0.4) is 0 Å². The van der Waals surface area contributed by atoms with Crippen LogP contribution in [0.4, 0.5) is 0 Å². The molecule has 0 fully saturated rings. The third kappa shape index (κ3) is 5.82. The van der Waals surface area contributed by atoms with Crippen molar-refractivity contribution in [3.05, 3.63) is 53.6 Å². The van der Waals surface area contributed by atoms with E-state index in [2.05, 4.69) is 0 Å². The molecule has 0 aliphatic rings. The van der Waals surface area contributed by atoms with E-state index in [1.807, 2.05) is 6.07 Å². The van der Waals surface area contributed by atoms with Gasteiger partial charge in [-0.25, -0.2) is 9.59 Å². The van der Waals surface area contributed by atoms with E-state index in [1.165, 1.54) is 26.4 Å². The molecule has 138 valence electrons. The first-order valence-corrected chi connectivity index (χ1v) is 7.28. The first-order valence-electron chi connectivity index (χ1n) is 7.28. The summed E-state index contributed by atoms with van der Waals surface area (Å²) in [4.78, 5) is 31.6. The van der Waals surface area contributed by atoms with Crippen molar-refractivity contribution < 1.29 is 39.2 Å². The first kappa shape index (κ1) is 20.5. The van der Waals surface area contributed by atoms with Crippen molar-refractivity contribution in [3.8, 4) is 17.2 Å². The van der Waals surface area contributed by atoms with Crippen molar-refractivity contribution in [1.29, 1.82) is 0 Å². The molecular formula is C18H18O8. The van der Waals surface area contributed by atoms with E-state index in [0.29, 0.717) is 5.75 Å². The average molecular weight is 362 g/mol. The molecule has 0 heterocycles. The van der Waals surface area contributed by atoms with Crippen LogP contribution in [0, 0.1) is 0 Å². The van der Waals surface area contributed by atoms with Gasteiger partial charge in [0.15, 0.2) is 0 Å². The Labute approximate surface area is 149 Å². The molecule has 26 heavy (non-hydrogen) atoms. The summed E-state index contributed by atoms with van der Waals surface area (Å²) in [6.07, 6.45) is -0.0316. The van der Waals surface area contributed by atoms with Gasteiger partial charge in [-0.1, -0.05) is 30.3 Å². The molecule has 0 bridgehead atoms. The molecule has 0 aliphatic heterocycles. The number of carboxylic acids is 2. The van der Waals surface area contributed by atoms with Gasteiger partial charge in [0.25, 0.3) is 0 Å². The molecule has 2 aromatic rings. The van der Waals surface area contributed by atoms with Gasteiger partial charge in [-0.3, -0.25) is 4.79 Å². The second-order valence-electron chi connectivity index (χ2n) is 4.92. The van der Waals surface area contributed by atoms with Crippen molar-refractivity contribution in [2.75, 3.05) is 14.2 Å². The number of ether oxygens (including phenoxy) is 2. The number of hydrogen-bond donors (Lipinski definition) is 3. The van der Waals surface area contributed by atoms with Crippen molar-refractivity contribution in [3.63, 3.8) is 0 Å². The molecule has 2 aromatic carbocycles. The minimum Gasteiger partial charge on any atom is -0.507 e. The maximum absolute atomic E-state index is 10.7. The predicted molar refractivity (Wildman–Crippen MR) is 91.0 cm³/mol. The number of benzene rings is 2. The quantitative estimate of drug-likeness (QED) is 0.665. The SMILES string of the molecule is COc1cc(O)c(C(=O)O)c(OC)c1.O=C(O)C(=O)Cc1ccccc1. The number of aromatic carboxylic acids is 1. The fourth-order valence-corrected chi connectivity index (χ4v) is 1.93. The van der Waals surface area contributed by atoms with E-state index in [-0.39, 0.29) is 23.5 Å². The number of phenols is 1. The van der Waals surface area contributed by atoms with E-state index in [9.17, 15) is 19.5 Å². The van der Waals surface area contributed by atoms with Gasteiger partial charge in [-0.15, -0.1) is 0 Å². The highest BCUT2D eigenvalue weighted by atomic mass is 16.5. The van der Waals surface area contributed by atoms with Crippen molar-refractivity contribution in [2.24, 2.45) is 0 Å². The maximum atomic E-state index is 10.7. The summed E-state index contributed by atoms with van der Waals surface area (Å²) >= 11 is 0. The lowest BCUT2D eigenvalue weighted by atomic mass is 10.1. The van der Waals surface area contributed by atoms with E-state index < -0.39 is 17.7 Å². The normalized spacial score (nSPS) is 9.46. The number of carboxylic acid groups (broad SMARTS) is 2. The predicted octanol–water partition coefficient (Wildman–Crippen LogP) is 1.99. The fourth-order valence-electron chi connectivity index (χ4n) is 1.93. The highest BCUT2D eigenvalue weighted by molar-refractivity contribution is 6.33. The molecule has 0 saturated carbocycles. The van der Waals surface area contributed by atoms with E-state index in [1.54, 1.807) is 24.3 Å². The van der Waals surface area contributed by atoms with Crippen LogP contribution < -0.4 is 9.47 Å². The van der Waals surface area contributed by atoms with Gasteiger partial charge in [-0.05, 0) is 5.56 Å². The average Bonchev–Trinajstić information content (AvgIpc) is 2.61. The van der Waals surface area contributed by atoms with Crippen molar-refractivity contribution >= 4 is 17.7 Å². The van der Waals surface area contributed by atoms with Crippen molar-refractivity contribution in [2.45, 2.75) is 6.42 Å². The molecule has 8 nitrogen and oxygen atoms in total. The highest BCUT2D eigenvalue weighted by Gasteiger charge is 2.17. The number of methoxy groups -OCH3 is 2. The Morgan fingerprint density at radius 3 is 2.04 bits per heavy atom. The molecule has 3 N–H and O–H groups in total. The van der Waals surface area contributed by atoms with Crippen LogP contribution in [0.5, 0.6) is 17.2 Å². The number of aromatic hydroxyl groups is 1. The molecule has 0 atom stereocenters. The topological polar surface area (TPSA) is 130 Å². The van der Waals surface area contributed by atoms with Gasteiger partial charge < -0.3 is 24.8 Å². The van der Waals surface area contributed by atoms with Crippen LogP contribution >= 0.6 is 0 Å². The number of Topliss-reactive ketones (excluding diaryl/α,β-unsaturated/α-hetero) is 1. The zero-order chi connectivity index (χ0) is 19.7. The Morgan fingerprint density at radius 1 is 0.962 bits per heavy atom. The summed E-state index contributed by atoms with van der Waals surface area (Å²) in [6.45, 7) is 0. The number of carbonyl (C=O) groups is 3. The lowest BCUT2D eigenvalue weighted by Gasteiger charge is -2.08. The minimum atomic E-state index is -1.38. The van der Waals surface area contributed by atoms with Crippen LogP contribution in [0.2, 0.25) is 0 Å². The van der Waals surface area contributed by atoms with E-state index in [4.69, 9.17) is 19.7 Å². The van der Waals surface area contributed by atoms with Gasteiger partial charge in [0, 0.05) is 18.6 Å². The van der Waals surface area contributed by atoms with Crippen molar-refractivity contribution in [1.82, 2.24) is 0 Å². The number of rotatable bonds is 6. The molecule has 0 unspecified atom stereocenters. The Kier molecular flexibility index (Phi) is 7.63. The van der Waals surface area contributed by atoms with Gasteiger partial charge in [0.2, 0.25) is 5.78 Å². The number of hydrogen-bond acceptors (Lipinski definition) is 6. The molecular weight excluding hydrogens is 344 g/mol. The minimum absolute atomic E-state index is 0.0316. The number of aliphatic carboxylic acids is 1. The van der Waals surface area contributed by atoms with E-state index in [0.717, 1.165) is 5.56 Å². The van der Waals surface area contributed by atoms with Crippen LogP contribution in [-0.4, -0.2) is 47.3 Å². The van der Waals surface area contributed by atoms with E-state index >= 15 is 0 Å². The lowest BCUT2D eigenvalue weighted by Crippen LogP contribution is -2.14. The van der Waals surface area contributed by atoms with Gasteiger partial charge in [0.05, 0.1) is 14.2 Å². The fraction of sp³-hybridized carbons (Fsp3) is 0.167. The summed E-state index contributed by atoms with van der Waals surface area (Å²) in [5.41, 5.74) is 0.457. The third-order valence-electron chi connectivity index (χ3n) is 3.17. The molecule has 2 rings (SSSR count). The summed E-state index contributed by atoms with van der Waals surface area (Å²) in [6, 6.07) is 11.4. The van der Waals surface area contributed by atoms with Gasteiger partial charge in [0.1, 0.15) is 22.8 Å². The third-order valence-corrected chi connectivity index (χ3v) is 3.17. The molecule has 0 spiro atoms. The molecule has 8 heteroatoms. The van der Waals surface area contributed by atoms with Crippen LogP contribution in [-0.2, 0) is 16.0 Å². The van der Waals surface area contributed by atoms with Crippen LogP contribution in [0.1, 0.15) is 15.9 Å². The zero-order valence-electron chi connectivity index (χ0n) is 14.1. The smallest absolute Gasteiger partial charge is 0.372 e. The molecule has 0 radical (unpaired) electrons. The van der Waals surface area contributed by atoms with Crippen LogP contribution in [0.25, 0.3) is 0 Å². The van der Waals surface area contributed by atoms with Gasteiger partial charge in [-0.2, -0.15) is 0 Å². The Bertz CT molecular complexity index is 783. The zero-order valence-corrected chi connectivity index (χ0v) is 14.1. The second-order valence-corrected chi connectivity index (χ2v) is 4.92. The van der Waals surface area contributed by atoms with Crippen LogP contribution in [0.15, 0.2) is 42.5 Å². The van der Waals surface area contributed by atoms with Gasteiger partial charge >= 0.3 is 11.9 Å². The molecule has 0 aliphatic carbocycles. The summed E-state index contributed by atoms with van der Waals surface area (Å²) in [5, 5.41) is 26.4. The number of carbonyl (C=O) groups excluding carboxylic acids is 1. The standard InChI is InChI=1S/C9H10O5.C9H8O3/c1-13-5-3-6(10)8(9(11)12)7(4-5)14-2;10-8(9(11)12)6-7-4-2-1-3-5-7/h3-4,10H,1-2H3,(H,11,12);1-5H,6H2,(H,11,12). The molecule has 0 saturated heterocycles. The summed E-state index contributed by atoms with van der Waals surface area (Å²) < 4.78 is 9.65. The highest BCUT2D eigenvalue weighted by Crippen LogP contribution is 2.32.